The lowest BCUT2D eigenvalue weighted by Gasteiger charge is -2.06. The van der Waals surface area contributed by atoms with E-state index in [1.807, 2.05) is 0 Å². The molecular weight excluding hydrogens is 324 g/mol. The Kier molecular flexibility index (Phi) is 5.32. The number of nitro groups is 1. The van der Waals surface area contributed by atoms with E-state index < -0.39 is 4.92 Å². The highest BCUT2D eigenvalue weighted by molar-refractivity contribution is 6.30. The summed E-state index contributed by atoms with van der Waals surface area (Å²) in [5.41, 5.74) is 0.802. The Morgan fingerprint density at radius 1 is 1.43 bits per heavy atom. The van der Waals surface area contributed by atoms with E-state index in [-0.39, 0.29) is 18.0 Å². The molecule has 2 heterocycles. The first kappa shape index (κ1) is 16.9. The van der Waals surface area contributed by atoms with Crippen molar-refractivity contribution < 1.29 is 9.72 Å². The molecule has 0 aliphatic carbocycles. The van der Waals surface area contributed by atoms with Gasteiger partial charge in [0, 0.05) is 19.2 Å². The van der Waals surface area contributed by atoms with Crippen molar-refractivity contribution in [2.75, 3.05) is 6.54 Å². The molecule has 0 spiro atoms. The molecule has 23 heavy (non-hydrogen) atoms. The molecule has 0 saturated carbocycles. The van der Waals surface area contributed by atoms with E-state index in [4.69, 9.17) is 11.6 Å². The van der Waals surface area contributed by atoms with E-state index in [1.54, 1.807) is 24.7 Å². The maximum Gasteiger partial charge on any atom is 0.312 e. The second-order valence-corrected chi connectivity index (χ2v) is 5.46. The largest absolute Gasteiger partial charge is 0.354 e. The topological polar surface area (TPSA) is 108 Å². The van der Waals surface area contributed by atoms with Gasteiger partial charge < -0.3 is 5.32 Å². The molecule has 2 aromatic rings. The van der Waals surface area contributed by atoms with Crippen LogP contribution in [-0.4, -0.2) is 36.9 Å². The Morgan fingerprint density at radius 3 is 2.74 bits per heavy atom. The van der Waals surface area contributed by atoms with Crippen LogP contribution in [0.25, 0.3) is 0 Å². The van der Waals surface area contributed by atoms with Gasteiger partial charge in [-0.15, -0.1) is 0 Å². The third kappa shape index (κ3) is 4.28. The van der Waals surface area contributed by atoms with Gasteiger partial charge >= 0.3 is 5.69 Å². The highest BCUT2D eigenvalue weighted by Crippen LogP contribution is 2.21. The van der Waals surface area contributed by atoms with Crippen LogP contribution in [0.15, 0.2) is 12.4 Å². The van der Waals surface area contributed by atoms with Crippen molar-refractivity contribution in [3.63, 3.8) is 0 Å². The molecule has 124 valence electrons. The summed E-state index contributed by atoms with van der Waals surface area (Å²) in [7, 11) is 0. The molecule has 0 atom stereocenters. The Morgan fingerprint density at radius 2 is 2.17 bits per heavy atom. The van der Waals surface area contributed by atoms with Crippen LogP contribution < -0.4 is 5.32 Å². The highest BCUT2D eigenvalue weighted by Gasteiger charge is 2.21. The first-order valence-corrected chi connectivity index (χ1v) is 7.39. The maximum absolute atomic E-state index is 11.8. The minimum Gasteiger partial charge on any atom is -0.354 e. The first-order chi connectivity index (χ1) is 10.9. The van der Waals surface area contributed by atoms with Crippen molar-refractivity contribution in [1.29, 1.82) is 0 Å². The van der Waals surface area contributed by atoms with Gasteiger partial charge in [0.05, 0.1) is 29.2 Å². The summed E-state index contributed by atoms with van der Waals surface area (Å²) in [6.07, 6.45) is 3.39. The van der Waals surface area contributed by atoms with Crippen LogP contribution >= 0.6 is 11.6 Å². The fourth-order valence-corrected chi connectivity index (χ4v) is 2.39. The number of nitrogens with zero attached hydrogens (tertiary/aromatic N) is 5. The SMILES string of the molecule is Cc1nn(CCC(=O)NCCn2cc(Cl)cn2)c(C)c1[N+](=O)[O-]. The molecule has 0 aliphatic rings. The average Bonchev–Trinajstić information content (AvgIpc) is 3.00. The fraction of sp³-hybridized carbons (Fsp3) is 0.462. The molecule has 0 fully saturated rings. The van der Waals surface area contributed by atoms with Gasteiger partial charge in [-0.2, -0.15) is 10.2 Å². The van der Waals surface area contributed by atoms with Crippen molar-refractivity contribution >= 4 is 23.2 Å². The number of rotatable bonds is 7. The Hall–Kier alpha value is -2.42. The number of amides is 1. The third-order valence-electron chi connectivity index (χ3n) is 3.34. The second-order valence-electron chi connectivity index (χ2n) is 5.02. The summed E-state index contributed by atoms with van der Waals surface area (Å²) >= 11 is 5.74. The maximum atomic E-state index is 11.8. The lowest BCUT2D eigenvalue weighted by atomic mass is 10.3. The smallest absolute Gasteiger partial charge is 0.312 e. The van der Waals surface area contributed by atoms with Gasteiger partial charge in [0.15, 0.2) is 0 Å². The zero-order valence-electron chi connectivity index (χ0n) is 12.8. The van der Waals surface area contributed by atoms with E-state index in [9.17, 15) is 14.9 Å². The molecule has 1 N–H and O–H groups in total. The van der Waals surface area contributed by atoms with E-state index in [0.717, 1.165) is 0 Å². The summed E-state index contributed by atoms with van der Waals surface area (Å²) in [5.74, 6) is -0.154. The molecule has 2 rings (SSSR count). The van der Waals surface area contributed by atoms with Crippen LogP contribution in [0.5, 0.6) is 0 Å². The molecule has 0 unspecified atom stereocenters. The van der Waals surface area contributed by atoms with E-state index >= 15 is 0 Å². The van der Waals surface area contributed by atoms with Crippen molar-refractivity contribution in [3.05, 3.63) is 38.9 Å². The van der Waals surface area contributed by atoms with Crippen LogP contribution in [-0.2, 0) is 17.9 Å². The number of carbonyl (C=O) groups is 1. The zero-order valence-corrected chi connectivity index (χ0v) is 13.6. The molecule has 2 aromatic heterocycles. The number of aryl methyl sites for hydroxylation is 2. The van der Waals surface area contributed by atoms with Gasteiger partial charge in [-0.25, -0.2) is 0 Å². The molecule has 0 radical (unpaired) electrons. The number of nitrogens with one attached hydrogen (secondary N) is 1. The number of carbonyl (C=O) groups excluding carboxylic acids is 1. The Labute approximate surface area is 137 Å². The minimum atomic E-state index is -0.455. The lowest BCUT2D eigenvalue weighted by molar-refractivity contribution is -0.386. The summed E-state index contributed by atoms with van der Waals surface area (Å²) in [6.45, 7) is 4.44. The van der Waals surface area contributed by atoms with Crippen molar-refractivity contribution in [2.24, 2.45) is 0 Å². The van der Waals surface area contributed by atoms with Gasteiger partial charge in [-0.1, -0.05) is 11.6 Å². The Balaban J connectivity index is 1.80. The summed E-state index contributed by atoms with van der Waals surface area (Å²) in [4.78, 5) is 22.3. The predicted octanol–water partition coefficient (Wildman–Crippen LogP) is 1.46. The predicted molar refractivity (Wildman–Crippen MR) is 83.2 cm³/mol. The van der Waals surface area contributed by atoms with E-state index in [2.05, 4.69) is 15.5 Å². The first-order valence-electron chi connectivity index (χ1n) is 7.01. The van der Waals surface area contributed by atoms with E-state index in [1.165, 1.54) is 10.9 Å². The molecule has 0 bridgehead atoms. The third-order valence-corrected chi connectivity index (χ3v) is 3.54. The quantitative estimate of drug-likeness (QED) is 0.606. The monoisotopic (exact) mass is 340 g/mol. The number of halogens is 1. The van der Waals surface area contributed by atoms with Crippen LogP contribution in [0.2, 0.25) is 5.02 Å². The molecule has 9 nitrogen and oxygen atoms in total. The number of hydrogen-bond acceptors (Lipinski definition) is 5. The fourth-order valence-electron chi connectivity index (χ4n) is 2.24. The molecule has 0 aliphatic heterocycles. The molecular formula is C13H17ClN6O3. The molecule has 0 aromatic carbocycles. The normalized spacial score (nSPS) is 10.7. The van der Waals surface area contributed by atoms with Crippen molar-refractivity contribution in [2.45, 2.75) is 33.4 Å². The van der Waals surface area contributed by atoms with Gasteiger partial charge in [-0.05, 0) is 13.8 Å². The zero-order chi connectivity index (χ0) is 17.0. The standard InChI is InChI=1S/C13H17ClN6O3/c1-9-13(20(22)23)10(2)19(17-9)5-3-12(21)15-4-6-18-8-11(14)7-16-18/h7-8H,3-6H2,1-2H3,(H,15,21). The van der Waals surface area contributed by atoms with Crippen molar-refractivity contribution in [1.82, 2.24) is 24.9 Å². The molecule has 0 saturated heterocycles. The second kappa shape index (κ2) is 7.23. The minimum absolute atomic E-state index is 0.000897. The van der Waals surface area contributed by atoms with Gasteiger partial charge in [-0.3, -0.25) is 24.3 Å². The lowest BCUT2D eigenvalue weighted by Crippen LogP contribution is -2.28. The number of hydrogen-bond donors (Lipinski definition) is 1. The van der Waals surface area contributed by atoms with Crippen LogP contribution in [0, 0.1) is 24.0 Å². The van der Waals surface area contributed by atoms with Crippen LogP contribution in [0.1, 0.15) is 17.8 Å². The number of aromatic nitrogens is 4. The van der Waals surface area contributed by atoms with Gasteiger partial charge in [0.1, 0.15) is 11.4 Å². The molecule has 1 amide bonds. The summed E-state index contributed by atoms with van der Waals surface area (Å²) in [6, 6.07) is 0. The summed E-state index contributed by atoms with van der Waals surface area (Å²) < 4.78 is 3.12. The van der Waals surface area contributed by atoms with Crippen molar-refractivity contribution in [3.8, 4) is 0 Å². The van der Waals surface area contributed by atoms with Gasteiger partial charge in [0.2, 0.25) is 5.91 Å². The van der Waals surface area contributed by atoms with Gasteiger partial charge in [0.25, 0.3) is 0 Å². The Bertz CT molecular complexity index is 723. The summed E-state index contributed by atoms with van der Waals surface area (Å²) in [5, 5.41) is 22.3. The average molecular weight is 341 g/mol. The molecule has 10 heteroatoms. The van der Waals surface area contributed by atoms with E-state index in [0.29, 0.717) is 36.0 Å². The van der Waals surface area contributed by atoms with Crippen LogP contribution in [0.4, 0.5) is 5.69 Å². The highest BCUT2D eigenvalue weighted by atomic mass is 35.5. The van der Waals surface area contributed by atoms with Crippen LogP contribution in [0.3, 0.4) is 0 Å².